The SMILES string of the molecule is N#Cc1cccc(CNC2CCc3nc(NC4CC4)ncc3C2)c1.O=C(O)C(F)(F)F.O=C(O)C(F)(F)F. The largest absolute Gasteiger partial charge is 0.490 e. The molecule has 1 atom stereocenters. The van der Waals surface area contributed by atoms with Crippen LogP contribution in [-0.2, 0) is 29.0 Å². The van der Waals surface area contributed by atoms with Crippen LogP contribution in [0.25, 0.3) is 0 Å². The van der Waals surface area contributed by atoms with E-state index in [2.05, 4.69) is 32.7 Å². The van der Waals surface area contributed by atoms with Gasteiger partial charge in [0, 0.05) is 30.5 Å². The molecular weight excluding hydrogens is 524 g/mol. The maximum Gasteiger partial charge on any atom is 0.490 e. The highest BCUT2D eigenvalue weighted by Crippen LogP contribution is 2.25. The van der Waals surface area contributed by atoms with Crippen LogP contribution < -0.4 is 10.6 Å². The lowest BCUT2D eigenvalue weighted by Gasteiger charge is -2.25. The van der Waals surface area contributed by atoms with Crippen LogP contribution in [0.4, 0.5) is 32.3 Å². The summed E-state index contributed by atoms with van der Waals surface area (Å²) in [6.45, 7) is 0.789. The first-order valence-corrected chi connectivity index (χ1v) is 11.1. The molecule has 38 heavy (non-hydrogen) atoms. The molecule has 206 valence electrons. The number of aromatic nitrogens is 2. The average molecular weight is 547 g/mol. The van der Waals surface area contributed by atoms with Crippen molar-refractivity contribution in [3.63, 3.8) is 0 Å². The van der Waals surface area contributed by atoms with E-state index in [1.165, 1.54) is 24.1 Å². The predicted octanol–water partition coefficient (Wildman–Crippen LogP) is 3.84. The molecule has 2 aliphatic rings. The number of nitrogens with one attached hydrogen (secondary N) is 2. The summed E-state index contributed by atoms with van der Waals surface area (Å²) >= 11 is 0. The summed E-state index contributed by atoms with van der Waals surface area (Å²) in [6, 6.07) is 11.0. The number of rotatable bonds is 5. The van der Waals surface area contributed by atoms with Gasteiger partial charge in [0.2, 0.25) is 5.95 Å². The van der Waals surface area contributed by atoms with Gasteiger partial charge >= 0.3 is 24.3 Å². The normalized spacial score (nSPS) is 16.4. The Hall–Kier alpha value is -3.93. The van der Waals surface area contributed by atoms with Crippen molar-refractivity contribution in [2.75, 3.05) is 5.32 Å². The van der Waals surface area contributed by atoms with Gasteiger partial charge in [-0.15, -0.1) is 0 Å². The van der Waals surface area contributed by atoms with Gasteiger partial charge in [-0.3, -0.25) is 0 Å². The molecule has 1 fully saturated rings. The van der Waals surface area contributed by atoms with Crippen molar-refractivity contribution < 1.29 is 46.1 Å². The highest BCUT2D eigenvalue weighted by Gasteiger charge is 2.38. The van der Waals surface area contributed by atoms with Crippen LogP contribution in [0.5, 0.6) is 0 Å². The summed E-state index contributed by atoms with van der Waals surface area (Å²) in [5, 5.41) is 30.2. The number of aryl methyl sites for hydroxylation is 1. The standard InChI is InChI=1S/C19H21N5.2C2HF3O2/c20-10-13-2-1-3-14(8-13)11-21-17-6-7-18-15(9-17)12-22-19(24-18)23-16-4-5-16;2*3-2(4,5)1(6)7/h1-3,8,12,16-17,21H,4-7,9,11H2,(H,22,23,24);2*(H,6,7). The zero-order valence-corrected chi connectivity index (χ0v) is 19.6. The quantitative estimate of drug-likeness (QED) is 0.410. The number of carboxylic acids is 2. The molecule has 1 saturated carbocycles. The Balaban J connectivity index is 0.000000301. The highest BCUT2D eigenvalue weighted by atomic mass is 19.4. The Kier molecular flexibility index (Phi) is 10.4. The van der Waals surface area contributed by atoms with Crippen LogP contribution in [0.2, 0.25) is 0 Å². The first kappa shape index (κ1) is 30.3. The van der Waals surface area contributed by atoms with E-state index < -0.39 is 24.3 Å². The third-order valence-corrected chi connectivity index (χ3v) is 5.20. The number of nitriles is 1. The smallest absolute Gasteiger partial charge is 0.475 e. The summed E-state index contributed by atoms with van der Waals surface area (Å²) in [5.41, 5.74) is 4.32. The number of benzene rings is 1. The molecule has 0 spiro atoms. The van der Waals surface area contributed by atoms with E-state index >= 15 is 0 Å². The van der Waals surface area contributed by atoms with Crippen molar-refractivity contribution in [1.29, 1.82) is 5.26 Å². The number of hydrogen-bond acceptors (Lipinski definition) is 7. The van der Waals surface area contributed by atoms with Gasteiger partial charge < -0.3 is 20.8 Å². The molecule has 1 unspecified atom stereocenters. The fourth-order valence-electron chi connectivity index (χ4n) is 3.17. The van der Waals surface area contributed by atoms with Crippen molar-refractivity contribution in [3.8, 4) is 6.07 Å². The summed E-state index contributed by atoms with van der Waals surface area (Å²) in [5.74, 6) is -4.73. The molecule has 1 heterocycles. The minimum absolute atomic E-state index is 0.439. The lowest BCUT2D eigenvalue weighted by atomic mass is 9.92. The number of fused-ring (bicyclic) bond motifs is 1. The van der Waals surface area contributed by atoms with Gasteiger partial charge in [-0.1, -0.05) is 12.1 Å². The second-order valence-electron chi connectivity index (χ2n) is 8.32. The van der Waals surface area contributed by atoms with Crippen LogP contribution in [0.1, 0.15) is 41.6 Å². The van der Waals surface area contributed by atoms with E-state index in [1.54, 1.807) is 0 Å². The summed E-state index contributed by atoms with van der Waals surface area (Å²) in [6.07, 6.45) is -2.66. The van der Waals surface area contributed by atoms with Crippen molar-refractivity contribution in [2.45, 2.75) is 63.1 Å². The molecule has 2 aromatic rings. The third-order valence-electron chi connectivity index (χ3n) is 5.20. The van der Waals surface area contributed by atoms with Crippen LogP contribution >= 0.6 is 0 Å². The fraction of sp³-hybridized carbons (Fsp3) is 0.435. The monoisotopic (exact) mass is 547 g/mol. The number of hydrogen-bond donors (Lipinski definition) is 4. The summed E-state index contributed by atoms with van der Waals surface area (Å²) in [7, 11) is 0. The van der Waals surface area contributed by atoms with Gasteiger partial charge in [0.15, 0.2) is 0 Å². The molecule has 4 rings (SSSR count). The molecule has 1 aromatic heterocycles. The van der Waals surface area contributed by atoms with E-state index in [1.807, 2.05) is 24.4 Å². The Labute approximate surface area is 212 Å². The maximum atomic E-state index is 10.6. The molecule has 9 nitrogen and oxygen atoms in total. The molecule has 2 aliphatic carbocycles. The van der Waals surface area contributed by atoms with Crippen LogP contribution in [0.15, 0.2) is 30.5 Å². The zero-order valence-electron chi connectivity index (χ0n) is 19.6. The second-order valence-corrected chi connectivity index (χ2v) is 8.32. The predicted molar refractivity (Wildman–Crippen MR) is 120 cm³/mol. The summed E-state index contributed by atoms with van der Waals surface area (Å²) in [4.78, 5) is 26.9. The minimum atomic E-state index is -5.08. The minimum Gasteiger partial charge on any atom is -0.475 e. The fourth-order valence-corrected chi connectivity index (χ4v) is 3.17. The Morgan fingerprint density at radius 1 is 1.03 bits per heavy atom. The van der Waals surface area contributed by atoms with E-state index in [9.17, 15) is 26.3 Å². The van der Waals surface area contributed by atoms with Gasteiger partial charge in [-0.25, -0.2) is 19.6 Å². The Morgan fingerprint density at radius 3 is 2.16 bits per heavy atom. The van der Waals surface area contributed by atoms with Gasteiger partial charge in [0.25, 0.3) is 0 Å². The number of alkyl halides is 6. The van der Waals surface area contributed by atoms with Gasteiger partial charge in [-0.05, 0) is 55.4 Å². The van der Waals surface area contributed by atoms with E-state index in [-0.39, 0.29) is 0 Å². The number of halogens is 6. The first-order valence-electron chi connectivity index (χ1n) is 11.1. The number of nitrogens with zero attached hydrogens (tertiary/aromatic N) is 3. The van der Waals surface area contributed by atoms with E-state index in [0.29, 0.717) is 17.6 Å². The Bertz CT molecular complexity index is 1140. The van der Waals surface area contributed by atoms with Crippen LogP contribution in [0.3, 0.4) is 0 Å². The van der Waals surface area contributed by atoms with Gasteiger partial charge in [0.1, 0.15) is 0 Å². The molecule has 0 amide bonds. The van der Waals surface area contributed by atoms with E-state index in [0.717, 1.165) is 37.3 Å². The lowest BCUT2D eigenvalue weighted by Crippen LogP contribution is -2.34. The van der Waals surface area contributed by atoms with Crippen molar-refractivity contribution in [2.24, 2.45) is 0 Å². The Morgan fingerprint density at radius 2 is 1.63 bits per heavy atom. The molecular formula is C23H23F6N5O4. The molecule has 0 bridgehead atoms. The second kappa shape index (κ2) is 13.0. The number of aliphatic carboxylic acids is 2. The molecule has 0 radical (unpaired) electrons. The van der Waals surface area contributed by atoms with Crippen LogP contribution in [0, 0.1) is 11.3 Å². The van der Waals surface area contributed by atoms with Crippen molar-refractivity contribution in [3.05, 3.63) is 52.8 Å². The highest BCUT2D eigenvalue weighted by molar-refractivity contribution is 5.73. The molecule has 1 aromatic carbocycles. The van der Waals surface area contributed by atoms with Crippen molar-refractivity contribution in [1.82, 2.24) is 15.3 Å². The zero-order chi connectivity index (χ0) is 28.5. The number of anilines is 1. The van der Waals surface area contributed by atoms with Crippen molar-refractivity contribution >= 4 is 17.9 Å². The van der Waals surface area contributed by atoms with E-state index in [4.69, 9.17) is 25.1 Å². The topological polar surface area (TPSA) is 148 Å². The number of carboxylic acid groups (broad SMARTS) is 2. The average Bonchev–Trinajstić information content (AvgIpc) is 3.66. The van der Waals surface area contributed by atoms with Gasteiger partial charge in [0.05, 0.1) is 11.6 Å². The van der Waals surface area contributed by atoms with Crippen LogP contribution in [-0.4, -0.2) is 56.6 Å². The number of carbonyl (C=O) groups is 2. The first-order chi connectivity index (χ1) is 17.7. The molecule has 15 heteroatoms. The van der Waals surface area contributed by atoms with Gasteiger partial charge in [-0.2, -0.15) is 31.6 Å². The summed E-state index contributed by atoms with van der Waals surface area (Å²) < 4.78 is 63.5. The molecule has 0 saturated heterocycles. The molecule has 0 aliphatic heterocycles. The third kappa shape index (κ3) is 10.6. The maximum absolute atomic E-state index is 10.6. The molecule has 4 N–H and O–H groups in total. The lowest BCUT2D eigenvalue weighted by molar-refractivity contribution is -0.193.